The maximum atomic E-state index is 12.3. The van der Waals surface area contributed by atoms with E-state index in [1.807, 2.05) is 0 Å². The third kappa shape index (κ3) is 1.56. The van der Waals surface area contributed by atoms with E-state index in [-0.39, 0.29) is 12.0 Å². The van der Waals surface area contributed by atoms with E-state index in [2.05, 4.69) is 4.98 Å². The van der Waals surface area contributed by atoms with Gasteiger partial charge in [0, 0.05) is 6.20 Å². The van der Waals surface area contributed by atoms with E-state index in [4.69, 9.17) is 5.73 Å². The maximum Gasteiger partial charge on any atom is 0.266 e. The topological polar surface area (TPSA) is 76.0 Å². The number of pyridine rings is 1. The molecule has 1 aromatic heterocycles. The lowest BCUT2D eigenvalue weighted by Gasteiger charge is -2.05. The average molecular weight is 188 g/mol. The number of aldehydes is 1. The number of nitrogens with one attached hydrogen (secondary N) is 1. The van der Waals surface area contributed by atoms with E-state index >= 15 is 0 Å². The lowest BCUT2D eigenvalue weighted by molar-refractivity contribution is 0.110. The van der Waals surface area contributed by atoms with Gasteiger partial charge in [-0.3, -0.25) is 9.59 Å². The summed E-state index contributed by atoms with van der Waals surface area (Å²) >= 11 is 0. The smallest absolute Gasteiger partial charge is 0.266 e. The first-order valence-corrected chi connectivity index (χ1v) is 3.32. The van der Waals surface area contributed by atoms with Crippen molar-refractivity contribution in [1.29, 1.82) is 0 Å². The van der Waals surface area contributed by atoms with Crippen LogP contribution in [0.25, 0.3) is 0 Å². The van der Waals surface area contributed by atoms with Gasteiger partial charge in [-0.1, -0.05) is 0 Å². The second kappa shape index (κ2) is 3.34. The molecule has 70 valence electrons. The number of aromatic amines is 1. The molecule has 0 radical (unpaired) electrons. The van der Waals surface area contributed by atoms with Crippen LogP contribution in [0.5, 0.6) is 0 Å². The number of halogens is 2. The fourth-order valence-electron chi connectivity index (χ4n) is 0.937. The molecule has 0 atom stereocenters. The van der Waals surface area contributed by atoms with Crippen molar-refractivity contribution in [3.05, 3.63) is 27.7 Å². The largest absolute Gasteiger partial charge is 0.397 e. The summed E-state index contributed by atoms with van der Waals surface area (Å²) in [6, 6.07) is 0. The van der Waals surface area contributed by atoms with Crippen LogP contribution in [-0.2, 0) is 0 Å². The van der Waals surface area contributed by atoms with Crippen molar-refractivity contribution < 1.29 is 13.6 Å². The molecule has 0 aliphatic carbocycles. The van der Waals surface area contributed by atoms with E-state index in [0.29, 0.717) is 0 Å². The van der Waals surface area contributed by atoms with Crippen LogP contribution in [0.1, 0.15) is 22.3 Å². The van der Waals surface area contributed by atoms with Crippen LogP contribution in [0.3, 0.4) is 0 Å². The lowest BCUT2D eigenvalue weighted by atomic mass is 10.1. The number of nitrogens with two attached hydrogens (primary N) is 1. The van der Waals surface area contributed by atoms with Crippen molar-refractivity contribution in [2.45, 2.75) is 6.43 Å². The van der Waals surface area contributed by atoms with Gasteiger partial charge in [-0.2, -0.15) is 0 Å². The molecule has 0 spiro atoms. The van der Waals surface area contributed by atoms with Gasteiger partial charge in [0.1, 0.15) is 0 Å². The first-order valence-electron chi connectivity index (χ1n) is 3.32. The maximum absolute atomic E-state index is 12.3. The van der Waals surface area contributed by atoms with Gasteiger partial charge >= 0.3 is 0 Å². The van der Waals surface area contributed by atoms with Gasteiger partial charge in [0.15, 0.2) is 6.29 Å². The van der Waals surface area contributed by atoms with Gasteiger partial charge in [0.05, 0.1) is 16.8 Å². The van der Waals surface area contributed by atoms with Crippen molar-refractivity contribution in [2.75, 3.05) is 5.73 Å². The van der Waals surface area contributed by atoms with E-state index in [9.17, 15) is 18.4 Å². The standard InChI is InChI=1S/C7H6F2N2O2/c8-6(9)5-3(2-12)7(13)11-1-4(5)10/h1-2,6H,10H2,(H,11,13). The summed E-state index contributed by atoms with van der Waals surface area (Å²) in [4.78, 5) is 23.2. The molecule has 0 aliphatic rings. The first-order chi connectivity index (χ1) is 6.07. The van der Waals surface area contributed by atoms with Gasteiger partial charge in [0.25, 0.3) is 12.0 Å². The van der Waals surface area contributed by atoms with Crippen LogP contribution in [0.4, 0.5) is 14.5 Å². The van der Waals surface area contributed by atoms with Crippen molar-refractivity contribution in [3.8, 4) is 0 Å². The zero-order chi connectivity index (χ0) is 10.0. The molecule has 0 saturated heterocycles. The summed E-state index contributed by atoms with van der Waals surface area (Å²) < 4.78 is 24.5. The predicted octanol–water partition coefficient (Wildman–Crippen LogP) is 0.707. The van der Waals surface area contributed by atoms with E-state index in [1.165, 1.54) is 0 Å². The Labute approximate surface area is 71.4 Å². The van der Waals surface area contributed by atoms with Crippen molar-refractivity contribution in [1.82, 2.24) is 4.98 Å². The van der Waals surface area contributed by atoms with Crippen LogP contribution in [0.2, 0.25) is 0 Å². The molecule has 1 aromatic rings. The van der Waals surface area contributed by atoms with Crippen LogP contribution in [-0.4, -0.2) is 11.3 Å². The van der Waals surface area contributed by atoms with Gasteiger partial charge in [-0.15, -0.1) is 0 Å². The van der Waals surface area contributed by atoms with Crippen molar-refractivity contribution in [2.24, 2.45) is 0 Å². The molecule has 13 heavy (non-hydrogen) atoms. The zero-order valence-corrected chi connectivity index (χ0v) is 6.38. The molecule has 1 heterocycles. The number of rotatable bonds is 2. The van der Waals surface area contributed by atoms with Gasteiger partial charge < -0.3 is 10.7 Å². The Morgan fingerprint density at radius 2 is 2.15 bits per heavy atom. The lowest BCUT2D eigenvalue weighted by Crippen LogP contribution is -2.16. The van der Waals surface area contributed by atoms with Crippen LogP contribution in [0.15, 0.2) is 11.0 Å². The van der Waals surface area contributed by atoms with Gasteiger partial charge in [-0.25, -0.2) is 8.78 Å². The molecule has 0 fully saturated rings. The van der Waals surface area contributed by atoms with Crippen LogP contribution in [0, 0.1) is 0 Å². The van der Waals surface area contributed by atoms with E-state index in [1.54, 1.807) is 0 Å². The Bertz CT molecular complexity index is 387. The molecule has 0 amide bonds. The van der Waals surface area contributed by atoms with Crippen molar-refractivity contribution in [3.63, 3.8) is 0 Å². The fraction of sp³-hybridized carbons (Fsp3) is 0.143. The molecule has 0 bridgehead atoms. The number of aromatic nitrogens is 1. The fourth-order valence-corrected chi connectivity index (χ4v) is 0.937. The van der Waals surface area contributed by atoms with Gasteiger partial charge in [0.2, 0.25) is 0 Å². The average Bonchev–Trinajstić information content (AvgIpc) is 2.07. The Kier molecular flexibility index (Phi) is 2.41. The molecule has 3 N–H and O–H groups in total. The van der Waals surface area contributed by atoms with Crippen molar-refractivity contribution >= 4 is 12.0 Å². The molecule has 0 aromatic carbocycles. The zero-order valence-electron chi connectivity index (χ0n) is 6.38. The minimum atomic E-state index is -2.93. The highest BCUT2D eigenvalue weighted by Gasteiger charge is 2.18. The monoisotopic (exact) mass is 188 g/mol. The quantitative estimate of drug-likeness (QED) is 0.671. The number of carbonyl (C=O) groups is 1. The summed E-state index contributed by atoms with van der Waals surface area (Å²) in [6.45, 7) is 0. The normalized spacial score (nSPS) is 10.4. The molecule has 0 aliphatic heterocycles. The van der Waals surface area contributed by atoms with Gasteiger partial charge in [-0.05, 0) is 0 Å². The summed E-state index contributed by atoms with van der Waals surface area (Å²) in [7, 11) is 0. The summed E-state index contributed by atoms with van der Waals surface area (Å²) in [5.41, 5.74) is 2.68. The third-order valence-electron chi connectivity index (χ3n) is 1.54. The van der Waals surface area contributed by atoms with Crippen LogP contribution >= 0.6 is 0 Å². The minimum Gasteiger partial charge on any atom is -0.397 e. The molecule has 0 unspecified atom stereocenters. The highest BCUT2D eigenvalue weighted by Crippen LogP contribution is 2.24. The summed E-state index contributed by atoms with van der Waals surface area (Å²) in [5.74, 6) is 0. The Balaban J connectivity index is 3.53. The summed E-state index contributed by atoms with van der Waals surface area (Å²) in [6.07, 6.45) is -1.92. The Morgan fingerprint density at radius 1 is 1.54 bits per heavy atom. The molecule has 4 nitrogen and oxygen atoms in total. The summed E-state index contributed by atoms with van der Waals surface area (Å²) in [5, 5.41) is 0. The molecular weight excluding hydrogens is 182 g/mol. The third-order valence-corrected chi connectivity index (χ3v) is 1.54. The second-order valence-corrected chi connectivity index (χ2v) is 2.32. The number of carbonyl (C=O) groups excluding carboxylic acids is 1. The Morgan fingerprint density at radius 3 is 2.54 bits per heavy atom. The Hall–Kier alpha value is -1.72. The predicted molar refractivity (Wildman–Crippen MR) is 41.8 cm³/mol. The molecular formula is C7H6F2N2O2. The van der Waals surface area contributed by atoms with E-state index < -0.39 is 23.1 Å². The number of nitrogen functional groups attached to an aromatic ring is 1. The molecule has 6 heteroatoms. The number of hydrogen-bond donors (Lipinski definition) is 2. The number of H-pyrrole nitrogens is 1. The SMILES string of the molecule is Nc1c[nH]c(=O)c(C=O)c1C(F)F. The highest BCUT2D eigenvalue weighted by atomic mass is 19.3. The van der Waals surface area contributed by atoms with E-state index in [0.717, 1.165) is 6.20 Å². The second-order valence-electron chi connectivity index (χ2n) is 2.32. The number of alkyl halides is 2. The highest BCUT2D eigenvalue weighted by molar-refractivity contribution is 5.79. The molecule has 1 rings (SSSR count). The number of anilines is 1. The minimum absolute atomic E-state index is 0.0662. The number of hydrogen-bond acceptors (Lipinski definition) is 3. The van der Waals surface area contributed by atoms with Crippen LogP contribution < -0.4 is 11.3 Å². The molecule has 0 saturated carbocycles. The first kappa shape index (κ1) is 9.37.